The lowest BCUT2D eigenvalue weighted by Crippen LogP contribution is -2.40. The smallest absolute Gasteiger partial charge is 0.243 e. The van der Waals surface area contributed by atoms with Crippen LogP contribution in [0, 0.1) is 0 Å². The van der Waals surface area contributed by atoms with Gasteiger partial charge in [-0.2, -0.15) is 4.31 Å². The standard InChI is InChI=1S/C24H31N3O4S2/c28-24(11-18-32-20-7-3-1-4-8-20)25-22-19-21(33(29,30)27-14-16-31-17-15-27)9-10-23(22)26-12-5-2-6-13-26/h1,3-4,7-10,19H,2,5-6,11-18H2,(H,25,28). The molecule has 2 fully saturated rings. The molecule has 0 aromatic heterocycles. The number of amides is 1. The highest BCUT2D eigenvalue weighted by atomic mass is 32.2. The molecule has 0 aliphatic carbocycles. The largest absolute Gasteiger partial charge is 0.379 e. The Labute approximate surface area is 200 Å². The van der Waals surface area contributed by atoms with Gasteiger partial charge in [-0.15, -0.1) is 11.8 Å². The zero-order valence-corrected chi connectivity index (χ0v) is 20.4. The van der Waals surface area contributed by atoms with Crippen molar-refractivity contribution < 1.29 is 17.9 Å². The topological polar surface area (TPSA) is 79.0 Å². The van der Waals surface area contributed by atoms with E-state index in [1.165, 1.54) is 10.7 Å². The number of morpholine rings is 1. The van der Waals surface area contributed by atoms with E-state index in [4.69, 9.17) is 4.74 Å². The Balaban J connectivity index is 1.51. The molecular weight excluding hydrogens is 458 g/mol. The number of nitrogens with one attached hydrogen (secondary N) is 1. The van der Waals surface area contributed by atoms with Gasteiger partial charge in [0.1, 0.15) is 0 Å². The molecule has 2 heterocycles. The lowest BCUT2D eigenvalue weighted by Gasteiger charge is -2.31. The average Bonchev–Trinajstić information content (AvgIpc) is 2.86. The first kappa shape index (κ1) is 24.1. The maximum atomic E-state index is 13.2. The molecule has 9 heteroatoms. The maximum Gasteiger partial charge on any atom is 0.243 e. The van der Waals surface area contributed by atoms with Crippen molar-refractivity contribution in [3.05, 3.63) is 48.5 Å². The molecule has 2 aromatic carbocycles. The first-order valence-electron chi connectivity index (χ1n) is 11.5. The highest BCUT2D eigenvalue weighted by molar-refractivity contribution is 7.99. The Morgan fingerprint density at radius 1 is 0.970 bits per heavy atom. The number of ether oxygens (including phenoxy) is 1. The molecule has 2 aliphatic heterocycles. The predicted molar refractivity (Wildman–Crippen MR) is 132 cm³/mol. The maximum absolute atomic E-state index is 13.2. The summed E-state index contributed by atoms with van der Waals surface area (Å²) in [5, 5.41) is 3.01. The second kappa shape index (κ2) is 11.4. The third-order valence-electron chi connectivity index (χ3n) is 5.89. The van der Waals surface area contributed by atoms with E-state index in [0.717, 1.165) is 36.5 Å². The summed E-state index contributed by atoms with van der Waals surface area (Å²) in [6, 6.07) is 15.1. The van der Waals surface area contributed by atoms with Gasteiger partial charge in [-0.05, 0) is 49.6 Å². The van der Waals surface area contributed by atoms with Gasteiger partial charge >= 0.3 is 0 Å². The zero-order chi connectivity index (χ0) is 23.1. The summed E-state index contributed by atoms with van der Waals surface area (Å²) in [6.45, 7) is 3.29. The van der Waals surface area contributed by atoms with Crippen molar-refractivity contribution in [1.29, 1.82) is 0 Å². The molecule has 2 saturated heterocycles. The Morgan fingerprint density at radius 3 is 2.42 bits per heavy atom. The molecule has 33 heavy (non-hydrogen) atoms. The molecule has 0 spiro atoms. The number of benzene rings is 2. The number of rotatable bonds is 8. The monoisotopic (exact) mass is 489 g/mol. The van der Waals surface area contributed by atoms with Crippen LogP contribution >= 0.6 is 11.8 Å². The van der Waals surface area contributed by atoms with E-state index < -0.39 is 10.0 Å². The second-order valence-corrected chi connectivity index (χ2v) is 11.3. The number of hydrogen-bond acceptors (Lipinski definition) is 6. The quantitative estimate of drug-likeness (QED) is 0.568. The molecule has 7 nitrogen and oxygen atoms in total. The van der Waals surface area contributed by atoms with Gasteiger partial charge in [-0.1, -0.05) is 18.2 Å². The third-order valence-corrected chi connectivity index (χ3v) is 8.80. The number of carbonyl (C=O) groups excluding carboxylic acids is 1. The van der Waals surface area contributed by atoms with Crippen LogP contribution in [0.1, 0.15) is 25.7 Å². The van der Waals surface area contributed by atoms with E-state index in [1.54, 1.807) is 23.9 Å². The molecule has 0 atom stereocenters. The number of hydrogen-bond donors (Lipinski definition) is 1. The fourth-order valence-electron chi connectivity index (χ4n) is 4.11. The van der Waals surface area contributed by atoms with Crippen LogP contribution in [0.25, 0.3) is 0 Å². The minimum Gasteiger partial charge on any atom is -0.379 e. The first-order valence-corrected chi connectivity index (χ1v) is 13.9. The molecule has 0 saturated carbocycles. The van der Waals surface area contributed by atoms with Gasteiger partial charge in [0.05, 0.1) is 29.5 Å². The predicted octanol–water partition coefficient (Wildman–Crippen LogP) is 3.82. The lowest BCUT2D eigenvalue weighted by atomic mass is 10.1. The number of piperidine rings is 1. The Morgan fingerprint density at radius 2 is 1.70 bits per heavy atom. The van der Waals surface area contributed by atoms with E-state index in [-0.39, 0.29) is 10.8 Å². The second-order valence-electron chi connectivity index (χ2n) is 8.20. The fourth-order valence-corrected chi connectivity index (χ4v) is 6.42. The third kappa shape index (κ3) is 6.29. The number of nitrogens with zero attached hydrogens (tertiary/aromatic N) is 2. The Bertz CT molecular complexity index is 1030. The van der Waals surface area contributed by atoms with Gasteiger partial charge in [0.15, 0.2) is 0 Å². The number of sulfonamides is 1. The van der Waals surface area contributed by atoms with Crippen molar-refractivity contribution in [2.24, 2.45) is 0 Å². The van der Waals surface area contributed by atoms with Crippen molar-refractivity contribution in [2.45, 2.75) is 35.5 Å². The van der Waals surface area contributed by atoms with Crippen molar-refractivity contribution in [3.8, 4) is 0 Å². The van der Waals surface area contributed by atoms with Crippen molar-refractivity contribution >= 4 is 39.1 Å². The average molecular weight is 490 g/mol. The summed E-state index contributed by atoms with van der Waals surface area (Å²) < 4.78 is 33.1. The van der Waals surface area contributed by atoms with Crippen LogP contribution in [0.4, 0.5) is 11.4 Å². The summed E-state index contributed by atoms with van der Waals surface area (Å²) in [4.78, 5) is 16.4. The van der Waals surface area contributed by atoms with Gasteiger partial charge in [0.2, 0.25) is 15.9 Å². The Kier molecular flexibility index (Phi) is 8.29. The Hall–Kier alpha value is -2.07. The van der Waals surface area contributed by atoms with Crippen LogP contribution in [0.5, 0.6) is 0 Å². The summed E-state index contributed by atoms with van der Waals surface area (Å²) in [5.41, 5.74) is 1.46. The molecule has 0 bridgehead atoms. The van der Waals surface area contributed by atoms with Crippen molar-refractivity contribution in [3.63, 3.8) is 0 Å². The van der Waals surface area contributed by atoms with E-state index in [0.29, 0.717) is 44.2 Å². The number of thioether (sulfide) groups is 1. The van der Waals surface area contributed by atoms with E-state index in [9.17, 15) is 13.2 Å². The SMILES string of the molecule is O=C(CCSc1ccccc1)Nc1cc(S(=O)(=O)N2CCOCC2)ccc1N1CCCCC1. The molecule has 0 radical (unpaired) electrons. The van der Waals surface area contributed by atoms with Crippen LogP contribution in [0.2, 0.25) is 0 Å². The lowest BCUT2D eigenvalue weighted by molar-refractivity contribution is -0.115. The van der Waals surface area contributed by atoms with E-state index in [1.807, 2.05) is 36.4 Å². The molecule has 2 aliphatic rings. The van der Waals surface area contributed by atoms with Crippen molar-refractivity contribution in [1.82, 2.24) is 4.31 Å². The van der Waals surface area contributed by atoms with Gasteiger partial charge in [-0.3, -0.25) is 4.79 Å². The molecule has 4 rings (SSSR count). The van der Waals surface area contributed by atoms with Gasteiger partial charge in [0.25, 0.3) is 0 Å². The van der Waals surface area contributed by atoms with Gasteiger partial charge in [0, 0.05) is 43.2 Å². The minimum atomic E-state index is -3.64. The first-order chi connectivity index (χ1) is 16.0. The van der Waals surface area contributed by atoms with Crippen LogP contribution in [-0.2, 0) is 19.6 Å². The van der Waals surface area contributed by atoms with Gasteiger partial charge < -0.3 is 15.0 Å². The normalized spacial score (nSPS) is 17.6. The molecule has 1 amide bonds. The van der Waals surface area contributed by atoms with Crippen LogP contribution < -0.4 is 10.2 Å². The molecule has 1 N–H and O–H groups in total. The minimum absolute atomic E-state index is 0.113. The summed E-state index contributed by atoms with van der Waals surface area (Å²) in [7, 11) is -3.64. The van der Waals surface area contributed by atoms with Crippen LogP contribution in [0.15, 0.2) is 58.3 Å². The van der Waals surface area contributed by atoms with E-state index >= 15 is 0 Å². The number of carbonyl (C=O) groups is 1. The molecular formula is C24H31N3O4S2. The van der Waals surface area contributed by atoms with Gasteiger partial charge in [-0.25, -0.2) is 8.42 Å². The highest BCUT2D eigenvalue weighted by Gasteiger charge is 2.28. The molecule has 0 unspecified atom stereocenters. The molecule has 2 aromatic rings. The highest BCUT2D eigenvalue weighted by Crippen LogP contribution is 2.32. The fraction of sp³-hybridized carbons (Fsp3) is 0.458. The van der Waals surface area contributed by atoms with Crippen molar-refractivity contribution in [2.75, 3.05) is 55.4 Å². The summed E-state index contributed by atoms with van der Waals surface area (Å²) in [6.07, 6.45) is 3.72. The van der Waals surface area contributed by atoms with Crippen LogP contribution in [-0.4, -0.2) is 63.8 Å². The number of anilines is 2. The summed E-state index contributed by atoms with van der Waals surface area (Å²) >= 11 is 1.63. The zero-order valence-electron chi connectivity index (χ0n) is 18.7. The summed E-state index contributed by atoms with van der Waals surface area (Å²) in [5.74, 6) is 0.540. The molecule has 178 valence electrons. The van der Waals surface area contributed by atoms with Crippen LogP contribution in [0.3, 0.4) is 0 Å². The van der Waals surface area contributed by atoms with E-state index in [2.05, 4.69) is 10.2 Å².